The fourth-order valence-corrected chi connectivity index (χ4v) is 5.09. The summed E-state index contributed by atoms with van der Waals surface area (Å²) in [6.07, 6.45) is 5.23. The Hall–Kier alpha value is -3.55. The number of hydrogen-bond acceptors (Lipinski definition) is 5. The first kappa shape index (κ1) is 31.0. The van der Waals surface area contributed by atoms with E-state index < -0.39 is 23.8 Å². The summed E-state index contributed by atoms with van der Waals surface area (Å²) >= 11 is 0. The van der Waals surface area contributed by atoms with Gasteiger partial charge in [-0.3, -0.25) is 9.59 Å². The Morgan fingerprint density at radius 3 is 2.20 bits per heavy atom. The minimum absolute atomic E-state index is 0.0778. The van der Waals surface area contributed by atoms with Crippen LogP contribution in [0.1, 0.15) is 90.3 Å². The van der Waals surface area contributed by atoms with Crippen LogP contribution >= 0.6 is 0 Å². The van der Waals surface area contributed by atoms with E-state index in [1.54, 1.807) is 49.9 Å². The second-order valence-corrected chi connectivity index (χ2v) is 11.7. The number of rotatable bonds is 10. The van der Waals surface area contributed by atoms with E-state index in [0.29, 0.717) is 12.0 Å². The van der Waals surface area contributed by atoms with Crippen LogP contribution in [0.15, 0.2) is 54.6 Å². The highest BCUT2D eigenvalue weighted by atomic mass is 16.6. The number of ether oxygens (including phenoxy) is 1. The van der Waals surface area contributed by atoms with Crippen LogP contribution in [0.5, 0.6) is 5.75 Å². The maximum Gasteiger partial charge on any atom is 0.408 e. The van der Waals surface area contributed by atoms with Crippen molar-refractivity contribution in [3.05, 3.63) is 65.7 Å². The van der Waals surface area contributed by atoms with Gasteiger partial charge in [-0.2, -0.15) is 0 Å². The Labute approximate surface area is 238 Å². The molecule has 218 valence electrons. The van der Waals surface area contributed by atoms with Crippen LogP contribution in [-0.4, -0.2) is 51.6 Å². The second-order valence-electron chi connectivity index (χ2n) is 11.7. The normalized spacial score (nSPS) is 16.3. The molecule has 0 aliphatic heterocycles. The van der Waals surface area contributed by atoms with Crippen LogP contribution in [0.3, 0.4) is 0 Å². The first-order chi connectivity index (χ1) is 19.0. The summed E-state index contributed by atoms with van der Waals surface area (Å²) < 4.78 is 5.49. The summed E-state index contributed by atoms with van der Waals surface area (Å²) in [7, 11) is 0. The van der Waals surface area contributed by atoms with E-state index in [4.69, 9.17) is 4.74 Å². The summed E-state index contributed by atoms with van der Waals surface area (Å²) in [6, 6.07) is 13.8. The number of phenols is 1. The molecule has 2 aromatic rings. The molecule has 3 amide bonds. The fourth-order valence-electron chi connectivity index (χ4n) is 5.09. The molecule has 0 heterocycles. The first-order valence-electron chi connectivity index (χ1n) is 14.4. The minimum Gasteiger partial charge on any atom is -0.508 e. The van der Waals surface area contributed by atoms with Crippen molar-refractivity contribution in [3.8, 4) is 5.75 Å². The lowest BCUT2D eigenvalue weighted by molar-refractivity contribution is -0.145. The Bertz CT molecular complexity index is 1110. The van der Waals surface area contributed by atoms with Crippen molar-refractivity contribution in [2.75, 3.05) is 0 Å². The molecule has 0 spiro atoms. The quantitative estimate of drug-likeness (QED) is 0.354. The van der Waals surface area contributed by atoms with Crippen LogP contribution in [0.2, 0.25) is 0 Å². The summed E-state index contributed by atoms with van der Waals surface area (Å²) in [5, 5.41) is 15.8. The van der Waals surface area contributed by atoms with Crippen LogP contribution in [-0.2, 0) is 20.7 Å². The van der Waals surface area contributed by atoms with Crippen molar-refractivity contribution in [2.24, 2.45) is 0 Å². The zero-order chi connectivity index (χ0) is 29.3. The molecule has 3 unspecified atom stereocenters. The standard InChI is InChI=1S/C32H45N3O5/c1-6-22(2)35(28(24-13-9-7-10-14-24)29(37)33-25-15-11-8-12-16-25)30(38)27(34-31(39)40-32(3,4)5)21-23-17-19-26(36)20-18-23/h7,9-10,13-14,17-20,22,25,27-28,36H,6,8,11-12,15-16,21H2,1-5H3,(H,33,37)(H,34,39). The molecule has 3 N–H and O–H groups in total. The summed E-state index contributed by atoms with van der Waals surface area (Å²) in [5.74, 6) is -0.482. The van der Waals surface area contributed by atoms with Gasteiger partial charge in [0, 0.05) is 18.5 Å². The van der Waals surface area contributed by atoms with Crippen LogP contribution < -0.4 is 10.6 Å². The Morgan fingerprint density at radius 1 is 1.00 bits per heavy atom. The van der Waals surface area contributed by atoms with Gasteiger partial charge in [0.05, 0.1) is 0 Å². The molecule has 1 fully saturated rings. The van der Waals surface area contributed by atoms with Crippen molar-refractivity contribution in [1.82, 2.24) is 15.5 Å². The highest BCUT2D eigenvalue weighted by Crippen LogP contribution is 2.28. The zero-order valence-corrected chi connectivity index (χ0v) is 24.5. The van der Waals surface area contributed by atoms with E-state index in [-0.39, 0.29) is 36.1 Å². The topological polar surface area (TPSA) is 108 Å². The molecule has 40 heavy (non-hydrogen) atoms. The van der Waals surface area contributed by atoms with Gasteiger partial charge in [0.25, 0.3) is 0 Å². The van der Waals surface area contributed by atoms with Crippen LogP contribution in [0.4, 0.5) is 4.79 Å². The second kappa shape index (κ2) is 14.2. The molecule has 1 aliphatic rings. The molecule has 1 aliphatic carbocycles. The Kier molecular flexibility index (Phi) is 11.0. The third kappa shape index (κ3) is 9.00. The third-order valence-corrected chi connectivity index (χ3v) is 7.28. The molecule has 8 heteroatoms. The van der Waals surface area contributed by atoms with Crippen molar-refractivity contribution in [1.29, 1.82) is 0 Å². The summed E-state index contributed by atoms with van der Waals surface area (Å²) in [4.78, 5) is 42.9. The average molecular weight is 552 g/mol. The number of alkyl carbamates (subject to hydrolysis) is 1. The SMILES string of the molecule is CCC(C)N(C(=O)C(Cc1ccc(O)cc1)NC(=O)OC(C)(C)C)C(C(=O)NC1CCCCC1)c1ccccc1. The first-order valence-corrected chi connectivity index (χ1v) is 14.4. The Morgan fingerprint density at radius 2 is 1.62 bits per heavy atom. The number of nitrogens with zero attached hydrogens (tertiary/aromatic N) is 1. The molecule has 3 atom stereocenters. The lowest BCUT2D eigenvalue weighted by Crippen LogP contribution is -2.56. The van der Waals surface area contributed by atoms with Gasteiger partial charge in [-0.25, -0.2) is 4.79 Å². The number of carbonyl (C=O) groups is 3. The van der Waals surface area contributed by atoms with Crippen LogP contribution in [0, 0.1) is 0 Å². The number of aromatic hydroxyl groups is 1. The van der Waals surface area contributed by atoms with Gasteiger partial charge in [0.15, 0.2) is 0 Å². The lowest BCUT2D eigenvalue weighted by Gasteiger charge is -2.39. The molecule has 0 bridgehead atoms. The predicted molar refractivity (Wildman–Crippen MR) is 156 cm³/mol. The predicted octanol–water partition coefficient (Wildman–Crippen LogP) is 5.65. The van der Waals surface area contributed by atoms with Gasteiger partial charge in [0.2, 0.25) is 11.8 Å². The molecule has 3 rings (SSSR count). The zero-order valence-electron chi connectivity index (χ0n) is 24.5. The summed E-state index contributed by atoms with van der Waals surface area (Å²) in [5.41, 5.74) is 0.711. The van der Waals surface area contributed by atoms with Gasteiger partial charge < -0.3 is 25.4 Å². The number of hydrogen-bond donors (Lipinski definition) is 3. The maximum absolute atomic E-state index is 14.5. The fraction of sp³-hybridized carbons (Fsp3) is 0.531. The number of benzene rings is 2. The van der Waals surface area contributed by atoms with Gasteiger partial charge in [-0.05, 0) is 70.2 Å². The van der Waals surface area contributed by atoms with Gasteiger partial charge in [0.1, 0.15) is 23.4 Å². The van der Waals surface area contributed by atoms with Crippen molar-refractivity contribution in [2.45, 2.75) is 109 Å². The highest BCUT2D eigenvalue weighted by molar-refractivity contribution is 5.92. The van der Waals surface area contributed by atoms with Crippen molar-refractivity contribution >= 4 is 17.9 Å². The third-order valence-electron chi connectivity index (χ3n) is 7.28. The molecule has 8 nitrogen and oxygen atoms in total. The molecule has 0 aromatic heterocycles. The highest BCUT2D eigenvalue weighted by Gasteiger charge is 2.39. The van der Waals surface area contributed by atoms with E-state index in [1.165, 1.54) is 6.42 Å². The monoisotopic (exact) mass is 551 g/mol. The van der Waals surface area contributed by atoms with Crippen LogP contribution in [0.25, 0.3) is 0 Å². The summed E-state index contributed by atoms with van der Waals surface area (Å²) in [6.45, 7) is 9.18. The largest absolute Gasteiger partial charge is 0.508 e. The van der Waals surface area contributed by atoms with E-state index in [9.17, 15) is 19.5 Å². The van der Waals surface area contributed by atoms with E-state index >= 15 is 0 Å². The van der Waals surface area contributed by atoms with Gasteiger partial charge >= 0.3 is 6.09 Å². The van der Waals surface area contributed by atoms with Gasteiger partial charge in [-0.15, -0.1) is 0 Å². The molecular formula is C32H45N3O5. The Balaban J connectivity index is 2.00. The van der Waals surface area contributed by atoms with Gasteiger partial charge in [-0.1, -0.05) is 68.7 Å². The maximum atomic E-state index is 14.5. The molecular weight excluding hydrogens is 506 g/mol. The molecule has 0 radical (unpaired) electrons. The molecule has 2 aromatic carbocycles. The number of phenolic OH excluding ortho intramolecular Hbond substituents is 1. The van der Waals surface area contributed by atoms with Crippen molar-refractivity contribution in [3.63, 3.8) is 0 Å². The van der Waals surface area contributed by atoms with E-state index in [2.05, 4.69) is 10.6 Å². The average Bonchev–Trinajstić information content (AvgIpc) is 2.91. The number of nitrogens with one attached hydrogen (secondary N) is 2. The number of carbonyl (C=O) groups excluding carboxylic acids is 3. The van der Waals surface area contributed by atoms with Crippen molar-refractivity contribution < 1.29 is 24.2 Å². The molecule has 1 saturated carbocycles. The molecule has 0 saturated heterocycles. The smallest absolute Gasteiger partial charge is 0.408 e. The number of amides is 3. The van der Waals surface area contributed by atoms with E-state index in [1.807, 2.05) is 44.2 Å². The lowest BCUT2D eigenvalue weighted by atomic mass is 9.94. The van der Waals surface area contributed by atoms with E-state index in [0.717, 1.165) is 31.2 Å². The minimum atomic E-state index is -0.998.